The van der Waals surface area contributed by atoms with Crippen LogP contribution in [0.3, 0.4) is 0 Å². The minimum Gasteiger partial charge on any atom is -0.465 e. The molecule has 0 aromatic rings. The van der Waals surface area contributed by atoms with Crippen molar-refractivity contribution < 1.29 is 19.1 Å². The van der Waals surface area contributed by atoms with E-state index in [1.54, 1.807) is 13.8 Å². The Kier molecular flexibility index (Phi) is 9.93. The molecule has 4 nitrogen and oxygen atoms in total. The Morgan fingerprint density at radius 1 is 0.909 bits per heavy atom. The van der Waals surface area contributed by atoms with Crippen molar-refractivity contribution in [2.45, 2.75) is 78.1 Å². The largest absolute Gasteiger partial charge is 0.465 e. The molecule has 0 spiro atoms. The Hall–Kier alpha value is -1.06. The predicted octanol–water partition coefficient (Wildman–Crippen LogP) is 4.26. The summed E-state index contributed by atoms with van der Waals surface area (Å²) < 4.78 is 9.95. The van der Waals surface area contributed by atoms with Crippen molar-refractivity contribution in [1.82, 2.24) is 0 Å². The second-order valence-electron chi connectivity index (χ2n) is 6.20. The molecule has 128 valence electrons. The van der Waals surface area contributed by atoms with Gasteiger partial charge in [0.15, 0.2) is 5.92 Å². The lowest BCUT2D eigenvalue weighted by molar-refractivity contribution is -0.161. The average molecular weight is 312 g/mol. The van der Waals surface area contributed by atoms with Crippen LogP contribution in [-0.2, 0) is 19.1 Å². The molecule has 0 atom stereocenters. The molecular weight excluding hydrogens is 280 g/mol. The van der Waals surface area contributed by atoms with Crippen LogP contribution in [-0.4, -0.2) is 25.2 Å². The molecule has 0 aromatic carbocycles. The molecule has 22 heavy (non-hydrogen) atoms. The monoisotopic (exact) mass is 312 g/mol. The second kappa shape index (κ2) is 11.5. The number of unbranched alkanes of at least 4 members (excludes halogenated alkanes) is 3. The molecule has 0 saturated heterocycles. The number of esters is 2. The molecule has 1 aliphatic carbocycles. The second-order valence-corrected chi connectivity index (χ2v) is 6.20. The summed E-state index contributed by atoms with van der Waals surface area (Å²) in [7, 11) is 0. The van der Waals surface area contributed by atoms with E-state index in [0.717, 1.165) is 18.8 Å². The Labute approximate surface area is 134 Å². The minimum absolute atomic E-state index is 0.302. The quantitative estimate of drug-likeness (QED) is 0.325. The Morgan fingerprint density at radius 3 is 2.00 bits per heavy atom. The first-order valence-electron chi connectivity index (χ1n) is 9.02. The number of hydrogen-bond donors (Lipinski definition) is 0. The fraction of sp³-hybridized carbons (Fsp3) is 0.889. The number of carbonyl (C=O) groups is 2. The molecule has 0 aliphatic heterocycles. The molecule has 1 aliphatic rings. The first kappa shape index (κ1) is 19.0. The maximum atomic E-state index is 11.8. The summed E-state index contributed by atoms with van der Waals surface area (Å²) in [6.07, 6.45) is 11.9. The van der Waals surface area contributed by atoms with E-state index in [1.165, 1.54) is 44.9 Å². The molecular formula is C18H32O4. The van der Waals surface area contributed by atoms with Gasteiger partial charge in [-0.05, 0) is 26.2 Å². The van der Waals surface area contributed by atoms with Crippen LogP contribution in [0.2, 0.25) is 0 Å². The van der Waals surface area contributed by atoms with Crippen molar-refractivity contribution >= 4 is 11.9 Å². The number of hydrogen-bond acceptors (Lipinski definition) is 4. The van der Waals surface area contributed by atoms with E-state index in [2.05, 4.69) is 0 Å². The van der Waals surface area contributed by atoms with Crippen molar-refractivity contribution in [3.05, 3.63) is 0 Å². The van der Waals surface area contributed by atoms with Gasteiger partial charge in [0.25, 0.3) is 0 Å². The van der Waals surface area contributed by atoms with Crippen LogP contribution in [0.25, 0.3) is 0 Å². The van der Waals surface area contributed by atoms with Gasteiger partial charge in [-0.1, -0.05) is 57.8 Å². The smallest absolute Gasteiger partial charge is 0.320 e. The third kappa shape index (κ3) is 7.28. The third-order valence-corrected chi connectivity index (χ3v) is 4.47. The number of rotatable bonds is 11. The fourth-order valence-electron chi connectivity index (χ4n) is 3.25. The zero-order chi connectivity index (χ0) is 16.2. The van der Waals surface area contributed by atoms with E-state index in [4.69, 9.17) is 9.47 Å². The minimum atomic E-state index is -0.741. The van der Waals surface area contributed by atoms with Gasteiger partial charge in [0.2, 0.25) is 0 Å². The summed E-state index contributed by atoms with van der Waals surface area (Å²) in [5.74, 6) is -0.666. The Morgan fingerprint density at radius 2 is 1.45 bits per heavy atom. The molecule has 0 amide bonds. The SMILES string of the molecule is CCOC(=O)C(CCCCCCC1CCCC1)C(=O)OCC. The molecule has 0 bridgehead atoms. The molecule has 0 radical (unpaired) electrons. The van der Waals surface area contributed by atoms with Gasteiger partial charge in [0.1, 0.15) is 0 Å². The van der Waals surface area contributed by atoms with E-state index < -0.39 is 17.9 Å². The average Bonchev–Trinajstić information content (AvgIpc) is 3.00. The van der Waals surface area contributed by atoms with Gasteiger partial charge in [-0.3, -0.25) is 9.59 Å². The first-order valence-corrected chi connectivity index (χ1v) is 9.02. The van der Waals surface area contributed by atoms with Crippen molar-refractivity contribution in [3.63, 3.8) is 0 Å². The van der Waals surface area contributed by atoms with Crippen molar-refractivity contribution in [2.75, 3.05) is 13.2 Å². The highest BCUT2D eigenvalue weighted by Crippen LogP contribution is 2.29. The third-order valence-electron chi connectivity index (χ3n) is 4.47. The van der Waals surface area contributed by atoms with Gasteiger partial charge in [0, 0.05) is 0 Å². The normalized spacial score (nSPS) is 15.2. The summed E-state index contributed by atoms with van der Waals surface area (Å²) in [5, 5.41) is 0. The maximum Gasteiger partial charge on any atom is 0.320 e. The molecule has 1 saturated carbocycles. The maximum absolute atomic E-state index is 11.8. The first-order chi connectivity index (χ1) is 10.7. The number of ether oxygens (including phenoxy) is 2. The Bertz CT molecular complexity index is 303. The number of carbonyl (C=O) groups excluding carboxylic acids is 2. The topological polar surface area (TPSA) is 52.6 Å². The summed E-state index contributed by atoms with van der Waals surface area (Å²) in [4.78, 5) is 23.7. The van der Waals surface area contributed by atoms with E-state index in [-0.39, 0.29) is 0 Å². The van der Waals surface area contributed by atoms with Crippen molar-refractivity contribution in [3.8, 4) is 0 Å². The highest BCUT2D eigenvalue weighted by Gasteiger charge is 2.28. The molecule has 1 fully saturated rings. The van der Waals surface area contributed by atoms with Crippen LogP contribution < -0.4 is 0 Å². The van der Waals surface area contributed by atoms with Gasteiger partial charge >= 0.3 is 11.9 Å². The highest BCUT2D eigenvalue weighted by molar-refractivity contribution is 5.94. The van der Waals surface area contributed by atoms with E-state index in [1.807, 2.05) is 0 Å². The molecule has 0 N–H and O–H groups in total. The van der Waals surface area contributed by atoms with Gasteiger partial charge in [0.05, 0.1) is 13.2 Å². The van der Waals surface area contributed by atoms with Crippen LogP contribution in [0.4, 0.5) is 0 Å². The fourth-order valence-corrected chi connectivity index (χ4v) is 3.25. The zero-order valence-corrected chi connectivity index (χ0v) is 14.3. The van der Waals surface area contributed by atoms with Crippen LogP contribution in [0.5, 0.6) is 0 Å². The van der Waals surface area contributed by atoms with E-state index >= 15 is 0 Å². The highest BCUT2D eigenvalue weighted by atomic mass is 16.6. The molecule has 0 heterocycles. The summed E-state index contributed by atoms with van der Waals surface area (Å²) in [5.41, 5.74) is 0. The van der Waals surface area contributed by atoms with E-state index in [9.17, 15) is 9.59 Å². The van der Waals surface area contributed by atoms with Gasteiger partial charge < -0.3 is 9.47 Å². The zero-order valence-electron chi connectivity index (χ0n) is 14.3. The Balaban J connectivity index is 2.18. The standard InChI is InChI=1S/C18H32O4/c1-3-21-17(19)16(18(20)22-4-2)14-8-6-5-7-11-15-12-9-10-13-15/h15-16H,3-14H2,1-2H3. The summed E-state index contributed by atoms with van der Waals surface area (Å²) in [6.45, 7) is 4.11. The van der Waals surface area contributed by atoms with Crippen molar-refractivity contribution in [2.24, 2.45) is 11.8 Å². The van der Waals surface area contributed by atoms with Crippen LogP contribution >= 0.6 is 0 Å². The van der Waals surface area contributed by atoms with Crippen LogP contribution in [0.15, 0.2) is 0 Å². The molecule has 0 unspecified atom stereocenters. The molecule has 4 heteroatoms. The van der Waals surface area contributed by atoms with Crippen LogP contribution in [0.1, 0.15) is 78.1 Å². The van der Waals surface area contributed by atoms with Gasteiger partial charge in [-0.2, -0.15) is 0 Å². The van der Waals surface area contributed by atoms with Crippen molar-refractivity contribution in [1.29, 1.82) is 0 Å². The summed E-state index contributed by atoms with van der Waals surface area (Å²) in [6, 6.07) is 0. The lowest BCUT2D eigenvalue weighted by Crippen LogP contribution is -2.28. The predicted molar refractivity (Wildman–Crippen MR) is 86.4 cm³/mol. The van der Waals surface area contributed by atoms with Gasteiger partial charge in [-0.25, -0.2) is 0 Å². The van der Waals surface area contributed by atoms with Gasteiger partial charge in [-0.15, -0.1) is 0 Å². The lowest BCUT2D eigenvalue weighted by atomic mass is 9.97. The molecule has 0 aromatic heterocycles. The lowest BCUT2D eigenvalue weighted by Gasteiger charge is -2.14. The summed E-state index contributed by atoms with van der Waals surface area (Å²) >= 11 is 0. The van der Waals surface area contributed by atoms with E-state index in [0.29, 0.717) is 19.6 Å². The molecule has 1 rings (SSSR count). The van der Waals surface area contributed by atoms with Crippen LogP contribution in [0, 0.1) is 11.8 Å².